The molecule has 0 saturated carbocycles. The predicted molar refractivity (Wildman–Crippen MR) is 64.1 cm³/mol. The highest BCUT2D eigenvalue weighted by Crippen LogP contribution is 2.32. The number of fused-ring (bicyclic) bond motifs is 1. The van der Waals surface area contributed by atoms with Gasteiger partial charge in [0, 0.05) is 12.6 Å². The van der Waals surface area contributed by atoms with Gasteiger partial charge >= 0.3 is 0 Å². The molecule has 1 aromatic rings. The first-order valence-electron chi connectivity index (χ1n) is 5.99. The minimum Gasteiger partial charge on any atom is -0.355 e. The van der Waals surface area contributed by atoms with Gasteiger partial charge in [0.2, 0.25) is 5.91 Å². The second-order valence-corrected chi connectivity index (χ2v) is 4.23. The van der Waals surface area contributed by atoms with Crippen molar-refractivity contribution in [3.8, 4) is 0 Å². The summed E-state index contributed by atoms with van der Waals surface area (Å²) in [5.41, 5.74) is 1.79. The Morgan fingerprint density at radius 3 is 3.12 bits per heavy atom. The van der Waals surface area contributed by atoms with E-state index < -0.39 is 0 Å². The van der Waals surface area contributed by atoms with E-state index in [4.69, 9.17) is 0 Å². The molecule has 1 unspecified atom stereocenters. The predicted octanol–water partition coefficient (Wildman–Crippen LogP) is 1.54. The molecule has 1 aliphatic carbocycles. The second-order valence-electron chi connectivity index (χ2n) is 4.23. The molecule has 0 bridgehead atoms. The van der Waals surface area contributed by atoms with E-state index in [1.54, 1.807) is 6.07 Å². The van der Waals surface area contributed by atoms with Crippen LogP contribution < -0.4 is 10.6 Å². The number of carbonyl (C=O) groups is 1. The molecule has 0 saturated heterocycles. The lowest BCUT2D eigenvalue weighted by atomic mass is 10.1. The van der Waals surface area contributed by atoms with Gasteiger partial charge in [-0.05, 0) is 37.0 Å². The van der Waals surface area contributed by atoms with Gasteiger partial charge < -0.3 is 10.6 Å². The van der Waals surface area contributed by atoms with Gasteiger partial charge in [-0.2, -0.15) is 0 Å². The molecule has 1 aliphatic rings. The van der Waals surface area contributed by atoms with E-state index in [9.17, 15) is 9.18 Å². The summed E-state index contributed by atoms with van der Waals surface area (Å²) in [6.45, 7) is 2.81. The van der Waals surface area contributed by atoms with Crippen LogP contribution in [-0.2, 0) is 11.2 Å². The molecule has 2 N–H and O–H groups in total. The first-order chi connectivity index (χ1) is 8.22. The maximum atomic E-state index is 13.5. The Kier molecular flexibility index (Phi) is 3.74. The second kappa shape index (κ2) is 5.27. The molecule has 3 nitrogen and oxygen atoms in total. The molecule has 0 aliphatic heterocycles. The zero-order valence-electron chi connectivity index (χ0n) is 9.92. The third-order valence-corrected chi connectivity index (χ3v) is 3.10. The van der Waals surface area contributed by atoms with Crippen LogP contribution in [0.3, 0.4) is 0 Å². The Balaban J connectivity index is 1.98. The van der Waals surface area contributed by atoms with E-state index in [1.165, 1.54) is 6.07 Å². The van der Waals surface area contributed by atoms with Crippen molar-refractivity contribution in [1.29, 1.82) is 0 Å². The number of hydrogen-bond donors (Lipinski definition) is 2. The number of halogens is 1. The van der Waals surface area contributed by atoms with E-state index in [1.807, 2.05) is 13.0 Å². The molecule has 2 rings (SSSR count). The summed E-state index contributed by atoms with van der Waals surface area (Å²) < 4.78 is 13.5. The summed E-state index contributed by atoms with van der Waals surface area (Å²) in [6, 6.07) is 5.25. The van der Waals surface area contributed by atoms with Crippen molar-refractivity contribution in [2.45, 2.75) is 25.8 Å². The fourth-order valence-corrected chi connectivity index (χ4v) is 2.30. The molecule has 0 heterocycles. The van der Waals surface area contributed by atoms with Gasteiger partial charge in [0.1, 0.15) is 5.82 Å². The van der Waals surface area contributed by atoms with Crippen LogP contribution in [0, 0.1) is 5.82 Å². The van der Waals surface area contributed by atoms with Crippen LogP contribution in [0.4, 0.5) is 4.39 Å². The van der Waals surface area contributed by atoms with Crippen LogP contribution in [0.5, 0.6) is 0 Å². The molecule has 0 aromatic heterocycles. The van der Waals surface area contributed by atoms with Gasteiger partial charge in [-0.25, -0.2) is 4.39 Å². The van der Waals surface area contributed by atoms with Crippen molar-refractivity contribution < 1.29 is 9.18 Å². The first kappa shape index (κ1) is 12.0. The van der Waals surface area contributed by atoms with Gasteiger partial charge in [0.05, 0.1) is 6.54 Å². The van der Waals surface area contributed by atoms with Crippen LogP contribution in [0.15, 0.2) is 18.2 Å². The molecule has 1 aromatic carbocycles. The lowest BCUT2D eigenvalue weighted by molar-refractivity contribution is -0.120. The Labute approximate surface area is 100 Å². The van der Waals surface area contributed by atoms with Crippen LogP contribution in [0.2, 0.25) is 0 Å². The zero-order valence-corrected chi connectivity index (χ0v) is 9.92. The number of benzene rings is 1. The van der Waals surface area contributed by atoms with Crippen molar-refractivity contribution in [2.24, 2.45) is 0 Å². The smallest absolute Gasteiger partial charge is 0.233 e. The number of rotatable bonds is 4. The molecule has 0 radical (unpaired) electrons. The Bertz CT molecular complexity index is 420. The van der Waals surface area contributed by atoms with Crippen LogP contribution in [-0.4, -0.2) is 19.0 Å². The highest BCUT2D eigenvalue weighted by atomic mass is 19.1. The number of amides is 1. The fourth-order valence-electron chi connectivity index (χ4n) is 2.30. The molecule has 1 atom stereocenters. The van der Waals surface area contributed by atoms with Gasteiger partial charge in [-0.3, -0.25) is 4.79 Å². The van der Waals surface area contributed by atoms with Gasteiger partial charge in [-0.15, -0.1) is 0 Å². The SMILES string of the molecule is CCNC(=O)CNC1CCc2c(F)cccc21. The molecular formula is C13H17FN2O. The molecule has 0 fully saturated rings. The summed E-state index contributed by atoms with van der Waals surface area (Å²) in [4.78, 5) is 11.3. The number of nitrogens with one attached hydrogen (secondary N) is 2. The van der Waals surface area contributed by atoms with Gasteiger partial charge in [0.25, 0.3) is 0 Å². The quantitative estimate of drug-likeness (QED) is 0.832. The maximum Gasteiger partial charge on any atom is 0.233 e. The standard InChI is InChI=1S/C13H17FN2O/c1-2-15-13(17)8-16-12-7-6-9-10(12)4-3-5-11(9)14/h3-5,12,16H,2,6-8H2,1H3,(H,15,17). The summed E-state index contributed by atoms with van der Waals surface area (Å²) in [6.07, 6.45) is 1.60. The lowest BCUT2D eigenvalue weighted by Crippen LogP contribution is -2.35. The molecule has 1 amide bonds. The lowest BCUT2D eigenvalue weighted by Gasteiger charge is -2.13. The monoisotopic (exact) mass is 236 g/mol. The minimum atomic E-state index is -0.134. The molecule has 17 heavy (non-hydrogen) atoms. The summed E-state index contributed by atoms with van der Waals surface area (Å²) in [5.74, 6) is -0.151. The van der Waals surface area contributed by atoms with Crippen molar-refractivity contribution in [2.75, 3.05) is 13.1 Å². The fraction of sp³-hybridized carbons (Fsp3) is 0.462. The third-order valence-electron chi connectivity index (χ3n) is 3.10. The first-order valence-corrected chi connectivity index (χ1v) is 5.99. The largest absolute Gasteiger partial charge is 0.355 e. The van der Waals surface area contributed by atoms with Crippen molar-refractivity contribution in [3.63, 3.8) is 0 Å². The Morgan fingerprint density at radius 2 is 2.35 bits per heavy atom. The highest BCUT2D eigenvalue weighted by Gasteiger charge is 2.24. The topological polar surface area (TPSA) is 41.1 Å². The third kappa shape index (κ3) is 2.64. The molecular weight excluding hydrogens is 219 g/mol. The van der Waals surface area contributed by atoms with E-state index >= 15 is 0 Å². The summed E-state index contributed by atoms with van der Waals surface area (Å²) in [5, 5.41) is 5.90. The van der Waals surface area contributed by atoms with Crippen LogP contribution in [0.25, 0.3) is 0 Å². The summed E-state index contributed by atoms with van der Waals surface area (Å²) in [7, 11) is 0. The number of likely N-dealkylation sites (N-methyl/N-ethyl adjacent to an activating group) is 1. The van der Waals surface area contributed by atoms with Crippen LogP contribution in [0.1, 0.15) is 30.5 Å². The van der Waals surface area contributed by atoms with E-state index in [2.05, 4.69) is 10.6 Å². The normalized spacial score (nSPS) is 17.9. The molecule has 4 heteroatoms. The number of carbonyl (C=O) groups excluding carboxylic acids is 1. The minimum absolute atomic E-state index is 0.0163. The van der Waals surface area contributed by atoms with Crippen LogP contribution >= 0.6 is 0 Å². The average molecular weight is 236 g/mol. The zero-order chi connectivity index (χ0) is 12.3. The highest BCUT2D eigenvalue weighted by molar-refractivity contribution is 5.77. The van der Waals surface area contributed by atoms with E-state index in [0.717, 1.165) is 24.0 Å². The summed E-state index contributed by atoms with van der Waals surface area (Å²) >= 11 is 0. The van der Waals surface area contributed by atoms with E-state index in [-0.39, 0.29) is 24.3 Å². The number of hydrogen-bond acceptors (Lipinski definition) is 2. The van der Waals surface area contributed by atoms with E-state index in [0.29, 0.717) is 6.54 Å². The van der Waals surface area contributed by atoms with Gasteiger partial charge in [-0.1, -0.05) is 12.1 Å². The van der Waals surface area contributed by atoms with Crippen molar-refractivity contribution >= 4 is 5.91 Å². The average Bonchev–Trinajstić information content (AvgIpc) is 2.72. The van der Waals surface area contributed by atoms with Gasteiger partial charge in [0.15, 0.2) is 0 Å². The maximum absolute atomic E-state index is 13.5. The molecule has 0 spiro atoms. The van der Waals surface area contributed by atoms with Crippen molar-refractivity contribution in [3.05, 3.63) is 35.1 Å². The molecule has 92 valence electrons. The Hall–Kier alpha value is -1.42. The Morgan fingerprint density at radius 1 is 1.53 bits per heavy atom. The van der Waals surface area contributed by atoms with Crippen molar-refractivity contribution in [1.82, 2.24) is 10.6 Å².